The molecule has 134 valence electrons. The van der Waals surface area contributed by atoms with Crippen LogP contribution in [0, 0.1) is 0 Å². The third-order valence-electron chi connectivity index (χ3n) is 4.40. The van der Waals surface area contributed by atoms with Crippen molar-refractivity contribution in [1.82, 2.24) is 39.7 Å². The number of hydrogen-bond acceptors (Lipinski definition) is 7. The maximum atomic E-state index is 4.75. The highest BCUT2D eigenvalue weighted by atomic mass is 32.1. The van der Waals surface area contributed by atoms with Crippen LogP contribution in [0.25, 0.3) is 32.8 Å². The predicted octanol–water partition coefficient (Wildman–Crippen LogP) is 3.32. The molecule has 0 N–H and O–H groups in total. The van der Waals surface area contributed by atoms with Crippen LogP contribution in [0.15, 0.2) is 42.3 Å². The molecule has 0 aromatic carbocycles. The lowest BCUT2D eigenvalue weighted by atomic mass is 10.2. The normalized spacial score (nSPS) is 11.8. The zero-order valence-electron chi connectivity index (χ0n) is 14.8. The van der Waals surface area contributed by atoms with Crippen molar-refractivity contribution in [2.24, 2.45) is 0 Å². The first-order valence-electron chi connectivity index (χ1n) is 8.61. The fraction of sp³-hybridized carbons (Fsp3) is 0.222. The summed E-state index contributed by atoms with van der Waals surface area (Å²) < 4.78 is 3.69. The van der Waals surface area contributed by atoms with Crippen molar-refractivity contribution in [2.45, 2.75) is 26.4 Å². The van der Waals surface area contributed by atoms with E-state index in [0.717, 1.165) is 27.0 Å². The number of hydrogen-bond donors (Lipinski definition) is 0. The second kappa shape index (κ2) is 6.20. The van der Waals surface area contributed by atoms with Crippen LogP contribution < -0.4 is 0 Å². The Morgan fingerprint density at radius 3 is 2.96 bits per heavy atom. The largest absolute Gasteiger partial charge is 0.270 e. The van der Waals surface area contributed by atoms with E-state index in [0.29, 0.717) is 23.9 Å². The van der Waals surface area contributed by atoms with Gasteiger partial charge in [-0.3, -0.25) is 4.68 Å². The quantitative estimate of drug-likeness (QED) is 0.478. The fourth-order valence-corrected chi connectivity index (χ4v) is 3.86. The monoisotopic (exact) mass is 376 g/mol. The average molecular weight is 376 g/mol. The van der Waals surface area contributed by atoms with Gasteiger partial charge in [0, 0.05) is 29.4 Å². The minimum absolute atomic E-state index is 0.295. The summed E-state index contributed by atoms with van der Waals surface area (Å²) >= 11 is 1.63. The zero-order chi connectivity index (χ0) is 18.4. The number of pyridine rings is 1. The number of fused-ring (bicyclic) bond motifs is 2. The molecule has 5 aromatic heterocycles. The van der Waals surface area contributed by atoms with Crippen molar-refractivity contribution in [1.29, 1.82) is 0 Å². The van der Waals surface area contributed by atoms with Gasteiger partial charge in [-0.05, 0) is 30.9 Å². The average Bonchev–Trinajstić information content (AvgIpc) is 3.41. The van der Waals surface area contributed by atoms with Gasteiger partial charge >= 0.3 is 0 Å². The third-order valence-corrected chi connectivity index (χ3v) is 5.35. The van der Waals surface area contributed by atoms with E-state index in [-0.39, 0.29) is 0 Å². The Bertz CT molecular complexity index is 1250. The molecule has 5 aromatic rings. The summed E-state index contributed by atoms with van der Waals surface area (Å²) in [6, 6.07) is 4.32. The summed E-state index contributed by atoms with van der Waals surface area (Å²) in [5.74, 6) is 0. The van der Waals surface area contributed by atoms with Gasteiger partial charge in [0.25, 0.3) is 0 Å². The van der Waals surface area contributed by atoms with E-state index < -0.39 is 0 Å². The smallest absolute Gasteiger partial charge is 0.221 e. The molecule has 0 radical (unpaired) electrons. The maximum Gasteiger partial charge on any atom is 0.221 e. The van der Waals surface area contributed by atoms with Gasteiger partial charge in [0.2, 0.25) is 5.65 Å². The van der Waals surface area contributed by atoms with E-state index in [9.17, 15) is 0 Å². The van der Waals surface area contributed by atoms with Crippen LogP contribution in [0.4, 0.5) is 0 Å². The first-order chi connectivity index (χ1) is 13.2. The number of aromatic nitrogens is 8. The molecule has 0 spiro atoms. The Hall–Kier alpha value is -3.20. The standard InChI is InChI=1S/C18H16N8S/c1-11(2)25-8-12(6-21-25)15-7-20-16-17(22-15)26(24-23-16)9-13-10-27-18-14(13)4-3-5-19-18/h3-8,10-11H,9H2,1-2H3. The molecular formula is C18H16N8S. The van der Waals surface area contributed by atoms with Crippen molar-refractivity contribution in [2.75, 3.05) is 0 Å². The topological polar surface area (TPSA) is 87.2 Å². The summed E-state index contributed by atoms with van der Waals surface area (Å²) in [5.41, 5.74) is 4.03. The predicted molar refractivity (Wildman–Crippen MR) is 103 cm³/mol. The Kier molecular flexibility index (Phi) is 3.68. The lowest BCUT2D eigenvalue weighted by Crippen LogP contribution is -2.03. The van der Waals surface area contributed by atoms with Crippen molar-refractivity contribution in [3.63, 3.8) is 0 Å². The van der Waals surface area contributed by atoms with E-state index in [1.54, 1.807) is 22.2 Å². The maximum absolute atomic E-state index is 4.75. The van der Waals surface area contributed by atoms with Crippen molar-refractivity contribution >= 4 is 32.8 Å². The van der Waals surface area contributed by atoms with Crippen LogP contribution in [0.5, 0.6) is 0 Å². The van der Waals surface area contributed by atoms with Gasteiger partial charge in [0.1, 0.15) is 4.83 Å². The first kappa shape index (κ1) is 16.0. The van der Waals surface area contributed by atoms with Gasteiger partial charge in [0.05, 0.1) is 24.6 Å². The molecule has 0 saturated carbocycles. The number of rotatable bonds is 4. The van der Waals surface area contributed by atoms with Gasteiger partial charge in [-0.15, -0.1) is 16.4 Å². The summed E-state index contributed by atoms with van der Waals surface area (Å²) in [7, 11) is 0. The van der Waals surface area contributed by atoms with Gasteiger partial charge in [0.15, 0.2) is 5.65 Å². The minimum Gasteiger partial charge on any atom is -0.270 e. The molecule has 0 unspecified atom stereocenters. The van der Waals surface area contributed by atoms with E-state index >= 15 is 0 Å². The highest BCUT2D eigenvalue weighted by molar-refractivity contribution is 7.16. The van der Waals surface area contributed by atoms with Crippen molar-refractivity contribution < 1.29 is 0 Å². The van der Waals surface area contributed by atoms with Crippen molar-refractivity contribution in [3.8, 4) is 11.3 Å². The molecule has 0 aliphatic heterocycles. The molecule has 27 heavy (non-hydrogen) atoms. The second-order valence-electron chi connectivity index (χ2n) is 6.57. The highest BCUT2D eigenvalue weighted by Crippen LogP contribution is 2.25. The first-order valence-corrected chi connectivity index (χ1v) is 9.49. The van der Waals surface area contributed by atoms with Gasteiger partial charge in [-0.1, -0.05) is 11.3 Å². The van der Waals surface area contributed by atoms with Crippen LogP contribution in [0.1, 0.15) is 25.5 Å². The van der Waals surface area contributed by atoms with E-state index in [2.05, 4.69) is 50.7 Å². The highest BCUT2D eigenvalue weighted by Gasteiger charge is 2.13. The van der Waals surface area contributed by atoms with E-state index in [1.165, 1.54) is 0 Å². The SMILES string of the molecule is CC(C)n1cc(-c2cnc3nnn(Cc4csc5ncccc45)c3n2)cn1. The van der Waals surface area contributed by atoms with Crippen LogP contribution in [0.2, 0.25) is 0 Å². The molecule has 5 rings (SSSR count). The molecule has 0 atom stereocenters. The summed E-state index contributed by atoms with van der Waals surface area (Å²) in [4.78, 5) is 14.6. The molecule has 9 heteroatoms. The molecule has 0 aliphatic carbocycles. The number of thiophene rings is 1. The lowest BCUT2D eigenvalue weighted by molar-refractivity contribution is 0.532. The number of nitrogens with zero attached hydrogens (tertiary/aromatic N) is 8. The second-order valence-corrected chi connectivity index (χ2v) is 7.43. The summed E-state index contributed by atoms with van der Waals surface area (Å²) in [6.45, 7) is 4.75. The van der Waals surface area contributed by atoms with Crippen LogP contribution in [0.3, 0.4) is 0 Å². The zero-order valence-corrected chi connectivity index (χ0v) is 15.6. The van der Waals surface area contributed by atoms with Gasteiger partial charge in [-0.2, -0.15) is 5.10 Å². The van der Waals surface area contributed by atoms with Crippen molar-refractivity contribution in [3.05, 3.63) is 47.9 Å². The Balaban J connectivity index is 1.55. The molecule has 0 bridgehead atoms. The molecule has 5 heterocycles. The molecule has 0 aliphatic rings. The molecule has 0 fully saturated rings. The van der Waals surface area contributed by atoms with Crippen LogP contribution >= 0.6 is 11.3 Å². The molecule has 0 saturated heterocycles. The molecule has 0 amide bonds. The lowest BCUT2D eigenvalue weighted by Gasteiger charge is -2.03. The summed E-state index contributed by atoms with van der Waals surface area (Å²) in [6.07, 6.45) is 7.31. The van der Waals surface area contributed by atoms with E-state index in [1.807, 2.05) is 29.3 Å². The van der Waals surface area contributed by atoms with Crippen LogP contribution in [-0.2, 0) is 6.54 Å². The van der Waals surface area contributed by atoms with Gasteiger partial charge < -0.3 is 0 Å². The Morgan fingerprint density at radius 2 is 2.11 bits per heavy atom. The van der Waals surface area contributed by atoms with Gasteiger partial charge in [-0.25, -0.2) is 19.6 Å². The Morgan fingerprint density at radius 1 is 1.19 bits per heavy atom. The summed E-state index contributed by atoms with van der Waals surface area (Å²) in [5, 5.41) is 16.0. The third kappa shape index (κ3) is 2.76. The fourth-order valence-electron chi connectivity index (χ4n) is 2.96. The minimum atomic E-state index is 0.295. The Labute approximate surface area is 158 Å². The molecule has 8 nitrogen and oxygen atoms in total. The van der Waals surface area contributed by atoms with E-state index in [4.69, 9.17) is 4.98 Å². The molecular weight excluding hydrogens is 360 g/mol. The van der Waals surface area contributed by atoms with Crippen LogP contribution in [-0.4, -0.2) is 39.7 Å².